The van der Waals surface area contributed by atoms with Gasteiger partial charge in [-0.2, -0.15) is 0 Å². The quantitative estimate of drug-likeness (QED) is 0.694. The number of anilines is 1. The smallest absolute Gasteiger partial charge is 0.314 e. The summed E-state index contributed by atoms with van der Waals surface area (Å²) in [6.45, 7) is 2.00. The normalized spacial score (nSPS) is 16.2. The van der Waals surface area contributed by atoms with Crippen molar-refractivity contribution in [1.82, 2.24) is 4.98 Å². The van der Waals surface area contributed by atoms with Crippen LogP contribution in [0.5, 0.6) is 0 Å². The molecule has 114 valence electrons. The Morgan fingerprint density at radius 1 is 1.32 bits per heavy atom. The van der Waals surface area contributed by atoms with Crippen molar-refractivity contribution in [1.29, 1.82) is 0 Å². The van der Waals surface area contributed by atoms with E-state index in [1.165, 1.54) is 30.5 Å². The average molecular weight is 303 g/mol. The molecule has 1 aliphatic heterocycles. The number of halogens is 1. The molecule has 1 fully saturated rings. The van der Waals surface area contributed by atoms with Crippen LogP contribution in [0.4, 0.5) is 15.9 Å². The van der Waals surface area contributed by atoms with E-state index in [0.717, 1.165) is 0 Å². The molecule has 0 atom stereocenters. The molecule has 0 bridgehead atoms. The Hall–Kier alpha value is -2.54. The number of β-amino-alcohol motifs (C(OH)–C–C–N with tert-alkyl or cyclic N) is 1. The Bertz CT molecular complexity index is 727. The van der Waals surface area contributed by atoms with E-state index in [1.54, 1.807) is 17.9 Å². The number of pyridine rings is 1. The lowest BCUT2D eigenvalue weighted by Crippen LogP contribution is -2.60. The average Bonchev–Trinajstić information content (AvgIpc) is 2.44. The maximum Gasteiger partial charge on any atom is 0.314 e. The molecule has 0 aliphatic carbocycles. The number of benzene rings is 1. The van der Waals surface area contributed by atoms with Gasteiger partial charge in [-0.1, -0.05) is 12.1 Å². The van der Waals surface area contributed by atoms with Gasteiger partial charge in [0.1, 0.15) is 11.4 Å². The van der Waals surface area contributed by atoms with E-state index in [1.807, 2.05) is 0 Å². The van der Waals surface area contributed by atoms with Crippen LogP contribution in [0, 0.1) is 22.9 Å². The Balaban J connectivity index is 1.86. The molecular formula is C15H14FN3O3. The van der Waals surface area contributed by atoms with Gasteiger partial charge in [0.05, 0.1) is 18.0 Å². The molecule has 7 heteroatoms. The minimum absolute atomic E-state index is 0.0522. The first-order valence-electron chi connectivity index (χ1n) is 6.74. The third-order valence-corrected chi connectivity index (χ3v) is 3.88. The zero-order valence-electron chi connectivity index (χ0n) is 11.9. The molecule has 0 spiro atoms. The number of hydrogen-bond donors (Lipinski definition) is 1. The van der Waals surface area contributed by atoms with Gasteiger partial charge in [-0.25, -0.2) is 9.37 Å². The number of rotatable bonds is 3. The van der Waals surface area contributed by atoms with Crippen LogP contribution in [0.2, 0.25) is 0 Å². The first-order valence-corrected chi connectivity index (χ1v) is 6.74. The van der Waals surface area contributed by atoms with Gasteiger partial charge in [-0.05, 0) is 30.7 Å². The monoisotopic (exact) mass is 303 g/mol. The van der Waals surface area contributed by atoms with Crippen molar-refractivity contribution >= 4 is 11.5 Å². The first kappa shape index (κ1) is 14.4. The minimum Gasteiger partial charge on any atom is -0.381 e. The molecule has 1 aromatic carbocycles. The molecular weight excluding hydrogens is 289 g/mol. The van der Waals surface area contributed by atoms with Gasteiger partial charge in [0.15, 0.2) is 0 Å². The van der Waals surface area contributed by atoms with Crippen molar-refractivity contribution in [2.24, 2.45) is 0 Å². The molecule has 1 aliphatic rings. The minimum atomic E-state index is -1.15. The zero-order valence-corrected chi connectivity index (χ0v) is 11.9. The summed E-state index contributed by atoms with van der Waals surface area (Å²) >= 11 is 0. The largest absolute Gasteiger partial charge is 0.381 e. The summed E-state index contributed by atoms with van der Waals surface area (Å²) in [7, 11) is 0. The highest BCUT2D eigenvalue weighted by Crippen LogP contribution is 2.39. The second kappa shape index (κ2) is 5.03. The number of hydrogen-bond acceptors (Lipinski definition) is 5. The van der Waals surface area contributed by atoms with Crippen LogP contribution in [0.3, 0.4) is 0 Å². The van der Waals surface area contributed by atoms with Crippen molar-refractivity contribution < 1.29 is 14.4 Å². The summed E-state index contributed by atoms with van der Waals surface area (Å²) in [5.74, 6) is -0.128. The van der Waals surface area contributed by atoms with E-state index in [2.05, 4.69) is 4.98 Å². The highest BCUT2D eigenvalue weighted by Gasteiger charge is 2.45. The Labute approximate surface area is 126 Å². The van der Waals surface area contributed by atoms with Crippen molar-refractivity contribution in [2.75, 3.05) is 18.0 Å². The number of aryl methyl sites for hydroxylation is 1. The molecule has 6 nitrogen and oxygen atoms in total. The van der Waals surface area contributed by atoms with Gasteiger partial charge >= 0.3 is 5.69 Å². The Morgan fingerprint density at radius 2 is 1.95 bits per heavy atom. The van der Waals surface area contributed by atoms with E-state index in [-0.39, 0.29) is 30.4 Å². The van der Waals surface area contributed by atoms with Crippen molar-refractivity contribution in [3.05, 3.63) is 63.6 Å². The fourth-order valence-electron chi connectivity index (χ4n) is 2.67. The summed E-state index contributed by atoms with van der Waals surface area (Å²) in [6.07, 6.45) is 1.51. The first-order chi connectivity index (χ1) is 10.4. The number of nitrogens with zero attached hydrogens (tertiary/aromatic N) is 3. The lowest BCUT2D eigenvalue weighted by atomic mass is 9.86. The van der Waals surface area contributed by atoms with E-state index >= 15 is 0 Å². The second-order valence-electron chi connectivity index (χ2n) is 5.45. The molecule has 3 rings (SSSR count). The predicted molar refractivity (Wildman–Crippen MR) is 78.1 cm³/mol. The maximum atomic E-state index is 12.9. The van der Waals surface area contributed by atoms with E-state index in [9.17, 15) is 19.6 Å². The lowest BCUT2D eigenvalue weighted by Gasteiger charge is -2.47. The third kappa shape index (κ3) is 2.29. The van der Waals surface area contributed by atoms with Gasteiger partial charge in [0, 0.05) is 11.8 Å². The summed E-state index contributed by atoms with van der Waals surface area (Å²) in [4.78, 5) is 16.4. The number of aliphatic hydroxyl groups is 1. The molecule has 0 saturated carbocycles. The SMILES string of the molecule is Cc1ccnc(N2CC(O)(c3ccc(F)cc3)C2)c1[N+](=O)[O-]. The lowest BCUT2D eigenvalue weighted by molar-refractivity contribution is -0.385. The number of aromatic nitrogens is 1. The maximum absolute atomic E-state index is 12.9. The zero-order chi connectivity index (χ0) is 15.9. The summed E-state index contributed by atoms with van der Waals surface area (Å²) < 4.78 is 12.9. The van der Waals surface area contributed by atoms with Gasteiger partial charge in [0.25, 0.3) is 0 Å². The van der Waals surface area contributed by atoms with Crippen LogP contribution in [0.1, 0.15) is 11.1 Å². The second-order valence-corrected chi connectivity index (χ2v) is 5.45. The van der Waals surface area contributed by atoms with Crippen LogP contribution in [0.25, 0.3) is 0 Å². The van der Waals surface area contributed by atoms with E-state index < -0.39 is 10.5 Å². The van der Waals surface area contributed by atoms with Gasteiger partial charge in [-0.3, -0.25) is 10.1 Å². The molecule has 0 unspecified atom stereocenters. The standard InChI is InChI=1S/C15H14FN3O3/c1-10-6-7-17-14(13(10)19(21)22)18-8-15(20,9-18)11-2-4-12(16)5-3-11/h2-7,20H,8-9H2,1H3. The van der Waals surface area contributed by atoms with Crippen LogP contribution >= 0.6 is 0 Å². The van der Waals surface area contributed by atoms with E-state index in [0.29, 0.717) is 11.1 Å². The molecule has 1 N–H and O–H groups in total. The molecule has 2 aromatic rings. The third-order valence-electron chi connectivity index (χ3n) is 3.88. The summed E-state index contributed by atoms with van der Waals surface area (Å²) in [5, 5.41) is 21.7. The fraction of sp³-hybridized carbons (Fsp3) is 0.267. The number of nitro groups is 1. The molecule has 1 saturated heterocycles. The molecule has 1 aromatic heterocycles. The van der Waals surface area contributed by atoms with Crippen LogP contribution in [0.15, 0.2) is 36.5 Å². The topological polar surface area (TPSA) is 79.5 Å². The summed E-state index contributed by atoms with van der Waals surface area (Å²) in [5.41, 5.74) is -0.0937. The Morgan fingerprint density at radius 3 is 2.55 bits per heavy atom. The Kier molecular flexibility index (Phi) is 3.29. The molecule has 2 heterocycles. The van der Waals surface area contributed by atoms with Crippen LogP contribution in [-0.2, 0) is 5.60 Å². The predicted octanol–water partition coefficient (Wildman–Crippen LogP) is 2.15. The molecule has 0 amide bonds. The van der Waals surface area contributed by atoms with Gasteiger partial charge in [-0.15, -0.1) is 0 Å². The molecule has 22 heavy (non-hydrogen) atoms. The van der Waals surface area contributed by atoms with Gasteiger partial charge in [0.2, 0.25) is 5.82 Å². The highest BCUT2D eigenvalue weighted by atomic mass is 19.1. The van der Waals surface area contributed by atoms with Crippen molar-refractivity contribution in [3.63, 3.8) is 0 Å². The van der Waals surface area contributed by atoms with Crippen molar-refractivity contribution in [3.8, 4) is 0 Å². The van der Waals surface area contributed by atoms with E-state index in [4.69, 9.17) is 0 Å². The van der Waals surface area contributed by atoms with Crippen LogP contribution < -0.4 is 4.90 Å². The van der Waals surface area contributed by atoms with Crippen molar-refractivity contribution in [2.45, 2.75) is 12.5 Å². The summed E-state index contributed by atoms with van der Waals surface area (Å²) in [6, 6.07) is 7.18. The highest BCUT2D eigenvalue weighted by molar-refractivity contribution is 5.63. The molecule has 0 radical (unpaired) electrons. The van der Waals surface area contributed by atoms with Crippen LogP contribution in [-0.4, -0.2) is 28.1 Å². The fourth-order valence-corrected chi connectivity index (χ4v) is 2.67. The van der Waals surface area contributed by atoms with Gasteiger partial charge < -0.3 is 10.0 Å².